The number of rotatable bonds is 2. The zero-order valence-corrected chi connectivity index (χ0v) is 6.69. The van der Waals surface area contributed by atoms with Crippen molar-refractivity contribution in [3.8, 4) is 0 Å². The van der Waals surface area contributed by atoms with Crippen LogP contribution in [0.3, 0.4) is 0 Å². The Labute approximate surface area is 70.3 Å². The van der Waals surface area contributed by atoms with E-state index in [1.165, 1.54) is 0 Å². The molecule has 12 heavy (non-hydrogen) atoms. The summed E-state index contributed by atoms with van der Waals surface area (Å²) in [6.45, 7) is 0.372. The Hall–Kier alpha value is -0.810. The predicted molar refractivity (Wildman–Crippen MR) is 41.0 cm³/mol. The molecule has 0 radical (unpaired) electrons. The molecule has 5 nitrogen and oxygen atoms in total. The van der Waals surface area contributed by atoms with Gasteiger partial charge in [0.1, 0.15) is 0 Å². The van der Waals surface area contributed by atoms with Crippen LogP contribution in [-0.4, -0.2) is 41.7 Å². The van der Waals surface area contributed by atoms with E-state index in [1.807, 2.05) is 0 Å². The van der Waals surface area contributed by atoms with E-state index in [0.717, 1.165) is 6.42 Å². The second-order valence-corrected chi connectivity index (χ2v) is 2.86. The van der Waals surface area contributed by atoms with Gasteiger partial charge in [0, 0.05) is 0 Å². The smallest absolute Gasteiger partial charge is 0.404 e. The molecule has 1 heterocycles. The van der Waals surface area contributed by atoms with Crippen molar-refractivity contribution >= 4 is 6.09 Å². The molecule has 1 amide bonds. The minimum Gasteiger partial charge on any atom is -0.465 e. The van der Waals surface area contributed by atoms with Gasteiger partial charge in [-0.05, 0) is 12.8 Å². The second kappa shape index (κ2) is 4.27. The lowest BCUT2D eigenvalue weighted by Gasteiger charge is -2.27. The number of ether oxygens (including phenoxy) is 1. The summed E-state index contributed by atoms with van der Waals surface area (Å²) in [4.78, 5) is 10.2. The summed E-state index contributed by atoms with van der Waals surface area (Å²) in [5.74, 6) is 0. The fourth-order valence-electron chi connectivity index (χ4n) is 1.24. The first-order valence-electron chi connectivity index (χ1n) is 3.94. The molecule has 0 spiro atoms. The zero-order chi connectivity index (χ0) is 8.97. The van der Waals surface area contributed by atoms with Crippen LogP contribution in [0, 0.1) is 0 Å². The highest BCUT2D eigenvalue weighted by atomic mass is 16.5. The summed E-state index contributed by atoms with van der Waals surface area (Å²) in [7, 11) is 0. The molecule has 1 rings (SSSR count). The van der Waals surface area contributed by atoms with Crippen molar-refractivity contribution in [3.05, 3.63) is 0 Å². The maximum absolute atomic E-state index is 10.2. The highest BCUT2D eigenvalue weighted by Gasteiger charge is 2.21. The van der Waals surface area contributed by atoms with Gasteiger partial charge in [0.15, 0.2) is 0 Å². The number of amides is 1. The highest BCUT2D eigenvalue weighted by molar-refractivity contribution is 5.64. The third-order valence-corrected chi connectivity index (χ3v) is 1.90. The Morgan fingerprint density at radius 1 is 1.58 bits per heavy atom. The Balaban J connectivity index is 2.21. The molecule has 0 saturated carbocycles. The quantitative estimate of drug-likeness (QED) is 0.542. The third-order valence-electron chi connectivity index (χ3n) is 1.90. The summed E-state index contributed by atoms with van der Waals surface area (Å²) in [6, 6.07) is -0.120. The van der Waals surface area contributed by atoms with E-state index in [-0.39, 0.29) is 18.8 Å². The minimum atomic E-state index is -1.02. The molecule has 1 saturated heterocycles. The van der Waals surface area contributed by atoms with Gasteiger partial charge >= 0.3 is 6.09 Å². The number of hydrogen-bond donors (Lipinski definition) is 3. The molecule has 0 aromatic heterocycles. The van der Waals surface area contributed by atoms with Gasteiger partial charge in [-0.3, -0.25) is 0 Å². The Morgan fingerprint density at radius 2 is 2.33 bits per heavy atom. The van der Waals surface area contributed by atoms with Crippen LogP contribution in [0.15, 0.2) is 0 Å². The molecule has 1 aliphatic rings. The van der Waals surface area contributed by atoms with Gasteiger partial charge in [-0.2, -0.15) is 0 Å². The van der Waals surface area contributed by atoms with Gasteiger partial charge in [-0.15, -0.1) is 0 Å². The second-order valence-electron chi connectivity index (χ2n) is 2.86. The Bertz CT molecular complexity index is 153. The number of aliphatic hydroxyl groups excluding tert-OH is 1. The predicted octanol–water partition coefficient (Wildman–Crippen LogP) is -0.206. The van der Waals surface area contributed by atoms with Gasteiger partial charge < -0.3 is 20.3 Å². The van der Waals surface area contributed by atoms with Gasteiger partial charge in [0.25, 0.3) is 0 Å². The lowest BCUT2D eigenvalue weighted by Crippen LogP contribution is -2.42. The van der Waals surface area contributed by atoms with Crippen molar-refractivity contribution in [2.24, 2.45) is 0 Å². The van der Waals surface area contributed by atoms with Gasteiger partial charge in [-0.25, -0.2) is 4.79 Å². The van der Waals surface area contributed by atoms with Crippen molar-refractivity contribution in [1.29, 1.82) is 0 Å². The number of hydrogen-bond acceptors (Lipinski definition) is 3. The van der Waals surface area contributed by atoms with E-state index < -0.39 is 6.09 Å². The largest absolute Gasteiger partial charge is 0.465 e. The monoisotopic (exact) mass is 175 g/mol. The molecule has 70 valence electrons. The van der Waals surface area contributed by atoms with Gasteiger partial charge in [0.2, 0.25) is 0 Å². The SMILES string of the molecule is O=C(O)NC1CCC(CO)OC1. The fraction of sp³-hybridized carbons (Fsp3) is 0.857. The van der Waals surface area contributed by atoms with Crippen LogP contribution < -0.4 is 5.32 Å². The van der Waals surface area contributed by atoms with Crippen molar-refractivity contribution in [2.75, 3.05) is 13.2 Å². The molecular weight excluding hydrogens is 162 g/mol. The summed E-state index contributed by atoms with van der Waals surface area (Å²) >= 11 is 0. The molecule has 0 aliphatic carbocycles. The fourth-order valence-corrected chi connectivity index (χ4v) is 1.24. The Morgan fingerprint density at radius 3 is 2.75 bits per heavy atom. The van der Waals surface area contributed by atoms with Crippen LogP contribution in [-0.2, 0) is 4.74 Å². The van der Waals surface area contributed by atoms with Crippen molar-refractivity contribution in [2.45, 2.75) is 25.0 Å². The van der Waals surface area contributed by atoms with E-state index in [9.17, 15) is 4.79 Å². The molecule has 1 fully saturated rings. The molecule has 1 aliphatic heterocycles. The molecule has 0 aromatic rings. The molecule has 2 unspecified atom stereocenters. The lowest BCUT2D eigenvalue weighted by atomic mass is 10.1. The maximum Gasteiger partial charge on any atom is 0.404 e. The number of aliphatic hydroxyl groups is 1. The van der Waals surface area contributed by atoms with Gasteiger partial charge in [-0.1, -0.05) is 0 Å². The maximum atomic E-state index is 10.2. The average Bonchev–Trinajstić information content (AvgIpc) is 2.05. The van der Waals surface area contributed by atoms with Crippen molar-refractivity contribution in [3.63, 3.8) is 0 Å². The van der Waals surface area contributed by atoms with Gasteiger partial charge in [0.05, 0.1) is 25.4 Å². The molecule has 0 aromatic carbocycles. The summed E-state index contributed by atoms with van der Waals surface area (Å²) in [6.07, 6.45) is 0.307. The zero-order valence-electron chi connectivity index (χ0n) is 6.69. The third kappa shape index (κ3) is 2.67. The first-order chi connectivity index (χ1) is 5.72. The van der Waals surface area contributed by atoms with Crippen LogP contribution in [0.2, 0.25) is 0 Å². The first kappa shape index (κ1) is 9.28. The number of carbonyl (C=O) groups is 1. The topological polar surface area (TPSA) is 78.8 Å². The minimum absolute atomic E-state index is 0.0137. The lowest BCUT2D eigenvalue weighted by molar-refractivity contribution is -0.0306. The van der Waals surface area contributed by atoms with E-state index in [4.69, 9.17) is 14.9 Å². The molecule has 0 bridgehead atoms. The van der Waals surface area contributed by atoms with E-state index >= 15 is 0 Å². The van der Waals surface area contributed by atoms with E-state index in [2.05, 4.69) is 5.32 Å². The molecule has 5 heteroatoms. The molecule has 2 atom stereocenters. The summed E-state index contributed by atoms with van der Waals surface area (Å²) in [5, 5.41) is 19.4. The van der Waals surface area contributed by atoms with Crippen LogP contribution >= 0.6 is 0 Å². The standard InChI is InChI=1S/C7H13NO4/c9-3-6-2-1-5(4-12-6)8-7(10)11/h5-6,8-9H,1-4H2,(H,10,11). The average molecular weight is 175 g/mol. The molecule has 3 N–H and O–H groups in total. The normalized spacial score (nSPS) is 29.8. The van der Waals surface area contributed by atoms with Crippen molar-refractivity contribution < 1.29 is 19.7 Å². The highest BCUT2D eigenvalue weighted by Crippen LogP contribution is 2.12. The van der Waals surface area contributed by atoms with Crippen LogP contribution in [0.25, 0.3) is 0 Å². The first-order valence-corrected chi connectivity index (χ1v) is 3.94. The van der Waals surface area contributed by atoms with Crippen LogP contribution in [0.5, 0.6) is 0 Å². The van der Waals surface area contributed by atoms with Crippen LogP contribution in [0.1, 0.15) is 12.8 Å². The number of nitrogens with one attached hydrogen (secondary N) is 1. The van der Waals surface area contributed by atoms with E-state index in [0.29, 0.717) is 13.0 Å². The van der Waals surface area contributed by atoms with E-state index in [1.54, 1.807) is 0 Å². The molecular formula is C7H13NO4. The summed E-state index contributed by atoms with van der Waals surface area (Å²) < 4.78 is 5.16. The summed E-state index contributed by atoms with van der Waals surface area (Å²) in [5.41, 5.74) is 0. The Kier molecular flexibility index (Phi) is 3.31. The number of carboxylic acid groups (broad SMARTS) is 1. The van der Waals surface area contributed by atoms with Crippen LogP contribution in [0.4, 0.5) is 4.79 Å². The van der Waals surface area contributed by atoms with Crippen molar-refractivity contribution in [1.82, 2.24) is 5.32 Å².